The first-order valence-electron chi connectivity index (χ1n) is 8.73. The number of carbonyl (C=O) groups is 2. The Labute approximate surface area is 159 Å². The molecule has 7 heteroatoms. The number of urea groups is 1. The number of rotatable bonds is 7. The molecule has 6 nitrogen and oxygen atoms in total. The Kier molecular flexibility index (Phi) is 8.34. The number of hydrogen-bond donors (Lipinski definition) is 1. The van der Waals surface area contributed by atoms with Crippen molar-refractivity contribution in [3.05, 3.63) is 42.1 Å². The fourth-order valence-corrected chi connectivity index (χ4v) is 3.17. The number of ether oxygens (including phenoxy) is 1. The van der Waals surface area contributed by atoms with Crippen molar-refractivity contribution in [3.8, 4) is 0 Å². The van der Waals surface area contributed by atoms with E-state index in [-0.39, 0.29) is 6.03 Å². The molecule has 1 atom stereocenters. The highest BCUT2D eigenvalue weighted by Gasteiger charge is 2.25. The molecule has 2 rings (SSSR count). The van der Waals surface area contributed by atoms with Crippen LogP contribution in [-0.4, -0.2) is 73.1 Å². The van der Waals surface area contributed by atoms with Crippen LogP contribution in [0, 0.1) is 0 Å². The second-order valence-electron chi connectivity index (χ2n) is 6.06. The molecule has 1 aliphatic heterocycles. The molecular formula is C19H27N3O3S. The summed E-state index contributed by atoms with van der Waals surface area (Å²) in [4.78, 5) is 28.2. The molecule has 1 unspecified atom stereocenters. The highest BCUT2D eigenvalue weighted by atomic mass is 32.2. The van der Waals surface area contributed by atoms with Gasteiger partial charge in [0.1, 0.15) is 6.04 Å². The summed E-state index contributed by atoms with van der Waals surface area (Å²) in [6.07, 6.45) is 6.68. The number of thioether (sulfide) groups is 1. The number of nitrogens with one attached hydrogen (secondary N) is 1. The third kappa shape index (κ3) is 6.29. The zero-order valence-corrected chi connectivity index (χ0v) is 16.2. The topological polar surface area (TPSA) is 61.9 Å². The standard InChI is InChI=1S/C19H27N3O3S/c1-25-18(23)17(9-15-26-2)20-19(24)22-13-11-21(12-14-22)10-8-16-6-4-3-5-7-16/h3-8,10,17H,9,11-15H2,1-2H3,(H,20,24). The molecule has 2 amide bonds. The van der Waals surface area contributed by atoms with Crippen LogP contribution in [0.2, 0.25) is 0 Å². The summed E-state index contributed by atoms with van der Waals surface area (Å²) in [5.74, 6) is 0.398. The molecule has 0 aromatic heterocycles. The lowest BCUT2D eigenvalue weighted by Crippen LogP contribution is -2.54. The lowest BCUT2D eigenvalue weighted by atomic mass is 10.2. The predicted octanol–water partition coefficient (Wildman–Crippen LogP) is 2.28. The Morgan fingerprint density at radius 3 is 2.54 bits per heavy atom. The maximum absolute atomic E-state index is 12.4. The van der Waals surface area contributed by atoms with E-state index >= 15 is 0 Å². The van der Waals surface area contributed by atoms with Crippen molar-refractivity contribution in [2.24, 2.45) is 0 Å². The number of benzene rings is 1. The van der Waals surface area contributed by atoms with Crippen LogP contribution in [0.1, 0.15) is 12.0 Å². The van der Waals surface area contributed by atoms with Crippen LogP contribution in [0.4, 0.5) is 4.79 Å². The van der Waals surface area contributed by atoms with Crippen LogP contribution >= 0.6 is 11.8 Å². The fourth-order valence-electron chi connectivity index (χ4n) is 2.70. The Morgan fingerprint density at radius 2 is 1.92 bits per heavy atom. The SMILES string of the molecule is COC(=O)C(CCSC)NC(=O)N1CCN(C=Cc2ccccc2)CC1. The number of methoxy groups -OCH3 is 1. The maximum atomic E-state index is 12.4. The van der Waals surface area contributed by atoms with Crippen LogP contribution in [0.25, 0.3) is 6.08 Å². The summed E-state index contributed by atoms with van der Waals surface area (Å²) < 4.78 is 4.79. The van der Waals surface area contributed by atoms with Crippen LogP contribution < -0.4 is 5.32 Å². The first-order valence-corrected chi connectivity index (χ1v) is 10.1. The van der Waals surface area contributed by atoms with E-state index in [9.17, 15) is 9.59 Å². The second-order valence-corrected chi connectivity index (χ2v) is 7.04. The Balaban J connectivity index is 1.81. The van der Waals surface area contributed by atoms with Crippen molar-refractivity contribution >= 4 is 29.8 Å². The van der Waals surface area contributed by atoms with Crippen molar-refractivity contribution in [3.63, 3.8) is 0 Å². The highest BCUT2D eigenvalue weighted by Crippen LogP contribution is 2.08. The number of hydrogen-bond acceptors (Lipinski definition) is 5. The summed E-state index contributed by atoms with van der Waals surface area (Å²) >= 11 is 1.64. The third-order valence-electron chi connectivity index (χ3n) is 4.27. The van der Waals surface area contributed by atoms with Gasteiger partial charge in [-0.05, 0) is 36.3 Å². The van der Waals surface area contributed by atoms with Gasteiger partial charge in [0, 0.05) is 26.2 Å². The molecular weight excluding hydrogens is 350 g/mol. The van der Waals surface area contributed by atoms with Gasteiger partial charge < -0.3 is 19.9 Å². The largest absolute Gasteiger partial charge is 0.467 e. The summed E-state index contributed by atoms with van der Waals surface area (Å²) in [6.45, 7) is 2.79. The van der Waals surface area contributed by atoms with Gasteiger partial charge in [-0.25, -0.2) is 9.59 Å². The lowest BCUT2D eigenvalue weighted by Gasteiger charge is -2.34. The van der Waals surface area contributed by atoms with Crippen molar-refractivity contribution in [1.82, 2.24) is 15.1 Å². The molecule has 1 saturated heterocycles. The molecule has 0 bridgehead atoms. The third-order valence-corrected chi connectivity index (χ3v) is 4.92. The fraction of sp³-hybridized carbons (Fsp3) is 0.474. The van der Waals surface area contributed by atoms with Gasteiger partial charge in [-0.2, -0.15) is 11.8 Å². The summed E-state index contributed by atoms with van der Waals surface area (Å²) in [5, 5.41) is 2.81. The molecule has 0 spiro atoms. The number of amides is 2. The summed E-state index contributed by atoms with van der Waals surface area (Å²) in [7, 11) is 1.35. The minimum absolute atomic E-state index is 0.201. The van der Waals surface area contributed by atoms with E-state index in [0.717, 1.165) is 24.4 Å². The minimum Gasteiger partial charge on any atom is -0.467 e. The van der Waals surface area contributed by atoms with Crippen LogP contribution in [-0.2, 0) is 9.53 Å². The summed E-state index contributed by atoms with van der Waals surface area (Å²) in [5.41, 5.74) is 1.15. The molecule has 1 heterocycles. The zero-order valence-electron chi connectivity index (χ0n) is 15.4. The average molecular weight is 378 g/mol. The normalized spacial score (nSPS) is 15.8. The zero-order chi connectivity index (χ0) is 18.8. The van der Waals surface area contributed by atoms with Gasteiger partial charge >= 0.3 is 12.0 Å². The molecule has 0 saturated carbocycles. The number of esters is 1. The van der Waals surface area contributed by atoms with Crippen LogP contribution in [0.3, 0.4) is 0 Å². The van der Waals surface area contributed by atoms with Gasteiger partial charge in [0.15, 0.2) is 0 Å². The lowest BCUT2D eigenvalue weighted by molar-refractivity contribution is -0.142. The molecule has 1 N–H and O–H groups in total. The number of nitrogens with zero attached hydrogens (tertiary/aromatic N) is 2. The molecule has 0 radical (unpaired) electrons. The second kappa shape index (κ2) is 10.8. The van der Waals surface area contributed by atoms with E-state index in [0.29, 0.717) is 19.5 Å². The van der Waals surface area contributed by atoms with E-state index in [1.807, 2.05) is 24.5 Å². The van der Waals surface area contributed by atoms with Gasteiger partial charge in [-0.3, -0.25) is 0 Å². The van der Waals surface area contributed by atoms with Gasteiger partial charge in [0.05, 0.1) is 7.11 Å². The first kappa shape index (κ1) is 20.2. The molecule has 1 fully saturated rings. The molecule has 1 aliphatic rings. The Morgan fingerprint density at radius 1 is 1.23 bits per heavy atom. The minimum atomic E-state index is -0.587. The van der Waals surface area contributed by atoms with E-state index in [1.165, 1.54) is 7.11 Å². The van der Waals surface area contributed by atoms with Gasteiger partial charge in [0.25, 0.3) is 0 Å². The predicted molar refractivity (Wildman–Crippen MR) is 106 cm³/mol. The van der Waals surface area contributed by atoms with E-state index in [2.05, 4.69) is 34.6 Å². The molecule has 26 heavy (non-hydrogen) atoms. The highest BCUT2D eigenvalue weighted by molar-refractivity contribution is 7.98. The molecule has 1 aromatic carbocycles. The molecule has 1 aromatic rings. The van der Waals surface area contributed by atoms with Crippen molar-refractivity contribution in [2.75, 3.05) is 45.3 Å². The smallest absolute Gasteiger partial charge is 0.328 e. The van der Waals surface area contributed by atoms with Gasteiger partial charge in [0.2, 0.25) is 0 Å². The summed E-state index contributed by atoms with van der Waals surface area (Å²) in [6, 6.07) is 9.34. The quantitative estimate of drug-likeness (QED) is 0.739. The first-order chi connectivity index (χ1) is 12.6. The van der Waals surface area contributed by atoms with Crippen molar-refractivity contribution in [2.45, 2.75) is 12.5 Å². The van der Waals surface area contributed by atoms with E-state index < -0.39 is 12.0 Å². The monoisotopic (exact) mass is 377 g/mol. The Bertz CT molecular complexity index is 601. The Hall–Kier alpha value is -2.15. The average Bonchev–Trinajstić information content (AvgIpc) is 2.70. The number of carbonyl (C=O) groups excluding carboxylic acids is 2. The van der Waals surface area contributed by atoms with Gasteiger partial charge in [-0.1, -0.05) is 30.3 Å². The van der Waals surface area contributed by atoms with Crippen molar-refractivity contribution in [1.29, 1.82) is 0 Å². The van der Waals surface area contributed by atoms with Crippen molar-refractivity contribution < 1.29 is 14.3 Å². The van der Waals surface area contributed by atoms with E-state index in [4.69, 9.17) is 4.74 Å². The van der Waals surface area contributed by atoms with Crippen LogP contribution in [0.5, 0.6) is 0 Å². The molecule has 0 aliphatic carbocycles. The molecule has 142 valence electrons. The van der Waals surface area contributed by atoms with Crippen LogP contribution in [0.15, 0.2) is 36.5 Å². The van der Waals surface area contributed by atoms with E-state index in [1.54, 1.807) is 16.7 Å². The maximum Gasteiger partial charge on any atom is 0.328 e. The van der Waals surface area contributed by atoms with Gasteiger partial charge in [-0.15, -0.1) is 0 Å². The number of piperazine rings is 1.